The van der Waals surface area contributed by atoms with Crippen LogP contribution in [0.25, 0.3) is 0 Å². The highest BCUT2D eigenvalue weighted by molar-refractivity contribution is 5.82. The van der Waals surface area contributed by atoms with Crippen LogP contribution in [0, 0.1) is 0 Å². The number of rotatable bonds is 2. The normalized spacial score (nSPS) is 11.4. The molecular weight excluding hydrogens is 276 g/mol. The zero-order valence-corrected chi connectivity index (χ0v) is 13.8. The highest BCUT2D eigenvalue weighted by Gasteiger charge is 2.17. The van der Waals surface area contributed by atoms with E-state index >= 15 is 0 Å². The Kier molecular flexibility index (Phi) is 23.7. The molecule has 1 rings (SSSR count). The second-order valence-corrected chi connectivity index (χ2v) is 3.75. The number of likely N-dealkylation sites (tertiary alicyclic amines) is 1. The fourth-order valence-corrected chi connectivity index (χ4v) is 1.30. The Labute approximate surface area is 127 Å². The van der Waals surface area contributed by atoms with Crippen LogP contribution in [0.1, 0.15) is 47.0 Å². The summed E-state index contributed by atoms with van der Waals surface area (Å²) in [6, 6.07) is 0. The van der Waals surface area contributed by atoms with Gasteiger partial charge in [0.2, 0.25) is 5.91 Å². The van der Waals surface area contributed by atoms with E-state index in [1.807, 2.05) is 13.8 Å². The molecule has 1 aliphatic heterocycles. The van der Waals surface area contributed by atoms with E-state index in [1.54, 1.807) is 4.90 Å². The Bertz CT molecular complexity index is 254. The summed E-state index contributed by atoms with van der Waals surface area (Å²) in [5.41, 5.74) is 0. The Hall–Kier alpha value is -1.79. The molecule has 1 fully saturated rings. The van der Waals surface area contributed by atoms with Crippen molar-refractivity contribution >= 4 is 18.5 Å². The molecule has 0 aromatic carbocycles. The van der Waals surface area contributed by atoms with E-state index in [9.17, 15) is 9.59 Å². The minimum atomic E-state index is -0.562. The molecule has 0 spiro atoms. The molecule has 2 N–H and O–H groups in total. The number of hydrogen-bond acceptors (Lipinski definition) is 4. The maximum Gasteiger partial charge on any atom is 0.407 e. The number of methoxy groups -OCH3 is 1. The second kappa shape index (κ2) is 20.5. The smallest absolute Gasteiger partial charge is 0.407 e. The van der Waals surface area contributed by atoms with Crippen molar-refractivity contribution in [2.24, 2.45) is 0 Å². The molecule has 7 nitrogen and oxygen atoms in total. The Morgan fingerprint density at radius 3 is 1.95 bits per heavy atom. The lowest BCUT2D eigenvalue weighted by atomic mass is 10.4. The lowest BCUT2D eigenvalue weighted by molar-refractivity contribution is -0.129. The molecule has 126 valence electrons. The van der Waals surface area contributed by atoms with Crippen molar-refractivity contribution in [1.29, 1.82) is 0 Å². The van der Waals surface area contributed by atoms with Gasteiger partial charge in [0.1, 0.15) is 6.54 Å². The summed E-state index contributed by atoms with van der Waals surface area (Å²) in [4.78, 5) is 32.1. The topological polar surface area (TPSA) is 95.9 Å². The van der Waals surface area contributed by atoms with Gasteiger partial charge in [-0.25, -0.2) is 4.79 Å². The van der Waals surface area contributed by atoms with Gasteiger partial charge >= 0.3 is 6.09 Å². The number of amides is 2. The van der Waals surface area contributed by atoms with E-state index in [2.05, 4.69) is 23.9 Å². The van der Waals surface area contributed by atoms with Gasteiger partial charge in [-0.1, -0.05) is 34.1 Å². The minimum absolute atomic E-state index is 0.0344. The first-order valence-corrected chi connectivity index (χ1v) is 7.24. The monoisotopic (exact) mass is 306 g/mol. The Balaban J connectivity index is -0.000000342. The van der Waals surface area contributed by atoms with E-state index in [4.69, 9.17) is 9.90 Å². The number of alkyl carbamates (subject to hydrolysis) is 1. The van der Waals surface area contributed by atoms with Crippen molar-refractivity contribution in [3.63, 3.8) is 0 Å². The first-order chi connectivity index (χ1) is 10.1. The number of hydrogen-bond donors (Lipinski definition) is 2. The van der Waals surface area contributed by atoms with E-state index in [0.717, 1.165) is 25.9 Å². The van der Waals surface area contributed by atoms with Gasteiger partial charge < -0.3 is 20.1 Å². The fourth-order valence-electron chi connectivity index (χ4n) is 1.30. The molecule has 1 aliphatic rings. The van der Waals surface area contributed by atoms with Crippen LogP contribution in [0.4, 0.5) is 4.79 Å². The van der Waals surface area contributed by atoms with Crippen LogP contribution in [0.3, 0.4) is 0 Å². The predicted octanol–water partition coefficient (Wildman–Crippen LogP) is 2.11. The molecule has 0 saturated carbocycles. The van der Waals surface area contributed by atoms with Gasteiger partial charge in [-0.3, -0.25) is 9.59 Å². The van der Waals surface area contributed by atoms with Crippen LogP contribution in [0.2, 0.25) is 0 Å². The van der Waals surface area contributed by atoms with Crippen molar-refractivity contribution in [3.05, 3.63) is 0 Å². The van der Waals surface area contributed by atoms with E-state index in [-0.39, 0.29) is 18.9 Å². The molecule has 0 aliphatic carbocycles. The van der Waals surface area contributed by atoms with E-state index in [0.29, 0.717) is 0 Å². The molecule has 7 heteroatoms. The van der Waals surface area contributed by atoms with Crippen molar-refractivity contribution in [1.82, 2.24) is 10.2 Å². The SMILES string of the molecule is CC.CCC.COC(=O)NCC(=O)N1CCCC1.O=CO. The van der Waals surface area contributed by atoms with Crippen LogP contribution in [0.5, 0.6) is 0 Å². The van der Waals surface area contributed by atoms with Gasteiger partial charge in [0.25, 0.3) is 6.47 Å². The number of carboxylic acid groups (broad SMARTS) is 1. The average Bonchev–Trinajstić information content (AvgIpc) is 3.02. The molecule has 2 amide bonds. The van der Waals surface area contributed by atoms with Crippen LogP contribution in [-0.2, 0) is 14.3 Å². The highest BCUT2D eigenvalue weighted by Crippen LogP contribution is 2.06. The molecule has 0 radical (unpaired) electrons. The number of carbonyl (C=O) groups excluding carboxylic acids is 2. The maximum absolute atomic E-state index is 11.3. The summed E-state index contributed by atoms with van der Waals surface area (Å²) in [5, 5.41) is 9.25. The Morgan fingerprint density at radius 2 is 1.62 bits per heavy atom. The maximum atomic E-state index is 11.3. The lowest BCUT2D eigenvalue weighted by Gasteiger charge is -2.14. The Morgan fingerprint density at radius 1 is 1.24 bits per heavy atom. The lowest BCUT2D eigenvalue weighted by Crippen LogP contribution is -2.38. The molecule has 0 aromatic rings. The summed E-state index contributed by atoms with van der Waals surface area (Å²) in [5.74, 6) is -0.0390. The molecule has 0 atom stereocenters. The average molecular weight is 306 g/mol. The summed E-state index contributed by atoms with van der Waals surface area (Å²) < 4.78 is 4.34. The third kappa shape index (κ3) is 18.2. The van der Waals surface area contributed by atoms with Gasteiger partial charge in [-0.2, -0.15) is 0 Å². The van der Waals surface area contributed by atoms with Crippen molar-refractivity contribution in [2.75, 3.05) is 26.7 Å². The van der Waals surface area contributed by atoms with Gasteiger partial charge in [0.15, 0.2) is 0 Å². The highest BCUT2D eigenvalue weighted by atomic mass is 16.5. The molecule has 0 aromatic heterocycles. The number of nitrogens with one attached hydrogen (secondary N) is 1. The zero-order valence-electron chi connectivity index (χ0n) is 13.8. The van der Waals surface area contributed by atoms with Crippen molar-refractivity contribution < 1.29 is 24.2 Å². The van der Waals surface area contributed by atoms with Crippen molar-refractivity contribution in [3.8, 4) is 0 Å². The molecule has 1 saturated heterocycles. The third-order valence-electron chi connectivity index (χ3n) is 2.03. The van der Waals surface area contributed by atoms with Crippen LogP contribution >= 0.6 is 0 Å². The second-order valence-electron chi connectivity index (χ2n) is 3.75. The molecular formula is C14H30N2O5. The standard InChI is InChI=1S/C8H14N2O3.C3H8.C2H6.CH2O2/c1-13-8(12)9-6-7(11)10-4-2-3-5-10;1-3-2;1-2;2-1-3/h2-6H2,1H3,(H,9,12);3H2,1-2H3;1-2H3;1H,(H,2,3). The molecule has 0 unspecified atom stereocenters. The minimum Gasteiger partial charge on any atom is -0.483 e. The molecule has 21 heavy (non-hydrogen) atoms. The van der Waals surface area contributed by atoms with Gasteiger partial charge in [0, 0.05) is 13.1 Å². The van der Waals surface area contributed by atoms with Crippen molar-refractivity contribution in [2.45, 2.75) is 47.0 Å². The van der Waals surface area contributed by atoms with Gasteiger partial charge in [0.05, 0.1) is 7.11 Å². The summed E-state index contributed by atoms with van der Waals surface area (Å²) in [6.07, 6.45) is 2.81. The van der Waals surface area contributed by atoms with Gasteiger partial charge in [-0.15, -0.1) is 0 Å². The first-order valence-electron chi connectivity index (χ1n) is 7.24. The fraction of sp³-hybridized carbons (Fsp3) is 0.786. The van der Waals surface area contributed by atoms with Crippen LogP contribution < -0.4 is 5.32 Å². The number of nitrogens with zero attached hydrogens (tertiary/aromatic N) is 1. The molecule has 1 heterocycles. The van der Waals surface area contributed by atoms with Crippen LogP contribution in [0.15, 0.2) is 0 Å². The van der Waals surface area contributed by atoms with Crippen LogP contribution in [-0.4, -0.2) is 55.2 Å². The third-order valence-corrected chi connectivity index (χ3v) is 2.03. The van der Waals surface area contributed by atoms with E-state index < -0.39 is 6.09 Å². The quantitative estimate of drug-likeness (QED) is 0.762. The first kappa shape index (κ1) is 24.2. The van der Waals surface area contributed by atoms with E-state index in [1.165, 1.54) is 13.5 Å². The largest absolute Gasteiger partial charge is 0.483 e. The molecule has 0 bridgehead atoms. The predicted molar refractivity (Wildman–Crippen MR) is 82.2 cm³/mol. The zero-order chi connectivity index (χ0) is 17.1. The summed E-state index contributed by atoms with van der Waals surface area (Å²) in [6.45, 7) is 9.65. The number of carbonyl (C=O) groups is 3. The summed E-state index contributed by atoms with van der Waals surface area (Å²) in [7, 11) is 1.27. The number of ether oxygens (including phenoxy) is 1. The summed E-state index contributed by atoms with van der Waals surface area (Å²) >= 11 is 0. The van der Waals surface area contributed by atoms with Gasteiger partial charge in [-0.05, 0) is 12.8 Å².